The Morgan fingerprint density at radius 2 is 1.94 bits per heavy atom. The van der Waals surface area contributed by atoms with Crippen LogP contribution in [0.25, 0.3) is 0 Å². The van der Waals surface area contributed by atoms with E-state index in [2.05, 4.69) is 5.32 Å². The van der Waals surface area contributed by atoms with Gasteiger partial charge in [-0.25, -0.2) is 0 Å². The smallest absolute Gasteiger partial charge is 0.245 e. The lowest BCUT2D eigenvalue weighted by atomic mass is 9.79. The summed E-state index contributed by atoms with van der Waals surface area (Å²) in [6, 6.07) is 6.95. The van der Waals surface area contributed by atoms with E-state index >= 15 is 0 Å². The molecule has 1 spiro atoms. The fourth-order valence-electron chi connectivity index (χ4n) is 2.95. The second-order valence-corrected chi connectivity index (χ2v) is 5.19. The van der Waals surface area contributed by atoms with Crippen molar-refractivity contribution in [2.75, 3.05) is 5.32 Å². The molecule has 3 rings (SSSR count). The molecular weight excluding hydrogens is 228 g/mol. The summed E-state index contributed by atoms with van der Waals surface area (Å²) in [5.41, 5.74) is 6.33. The molecular formula is C14H18N2O2. The molecule has 1 aromatic carbocycles. The first-order valence-electron chi connectivity index (χ1n) is 6.56. The monoisotopic (exact) mass is 246 g/mol. The summed E-state index contributed by atoms with van der Waals surface area (Å²) < 4.78 is 6.16. The summed E-state index contributed by atoms with van der Waals surface area (Å²) in [5.74, 6) is 0.600. The highest BCUT2D eigenvalue weighted by molar-refractivity contribution is 5.97. The number of fused-ring (bicyclic) bond motifs is 1. The van der Waals surface area contributed by atoms with Crippen molar-refractivity contribution in [1.29, 1.82) is 0 Å². The minimum atomic E-state index is -0.592. The van der Waals surface area contributed by atoms with Gasteiger partial charge in [-0.15, -0.1) is 0 Å². The third kappa shape index (κ3) is 1.77. The summed E-state index contributed by atoms with van der Waals surface area (Å²) in [6.45, 7) is 0. The number of ether oxygens (including phenoxy) is 1. The molecule has 1 fully saturated rings. The molecule has 1 unspecified atom stereocenters. The summed E-state index contributed by atoms with van der Waals surface area (Å²) in [6.07, 6.45) is 5.05. The predicted octanol–water partition coefficient (Wildman–Crippen LogP) is 2.05. The lowest BCUT2D eigenvalue weighted by molar-refractivity contribution is -0.122. The lowest BCUT2D eigenvalue weighted by Crippen LogP contribution is -2.57. The standard InChI is InChI=1S/C14H18N2O2/c15-12-13(17)16-10-6-2-3-7-11(10)18-14(12)8-4-1-5-9-14/h2-3,6-7,12H,1,4-5,8-9,15H2,(H,16,17). The quantitative estimate of drug-likeness (QED) is 0.736. The van der Waals surface area contributed by atoms with E-state index in [0.29, 0.717) is 0 Å². The van der Waals surface area contributed by atoms with Gasteiger partial charge in [-0.05, 0) is 37.8 Å². The third-order valence-corrected chi connectivity index (χ3v) is 4.01. The summed E-state index contributed by atoms with van der Waals surface area (Å²) in [4.78, 5) is 12.1. The van der Waals surface area contributed by atoms with Crippen molar-refractivity contribution in [3.05, 3.63) is 24.3 Å². The van der Waals surface area contributed by atoms with E-state index in [1.165, 1.54) is 6.42 Å². The maximum atomic E-state index is 12.1. The van der Waals surface area contributed by atoms with E-state index < -0.39 is 11.6 Å². The van der Waals surface area contributed by atoms with Gasteiger partial charge in [0.05, 0.1) is 5.69 Å². The topological polar surface area (TPSA) is 64.4 Å². The predicted molar refractivity (Wildman–Crippen MR) is 69.5 cm³/mol. The Kier molecular flexibility index (Phi) is 2.74. The van der Waals surface area contributed by atoms with Gasteiger partial charge in [0.25, 0.3) is 0 Å². The highest BCUT2D eigenvalue weighted by Gasteiger charge is 2.46. The van der Waals surface area contributed by atoms with E-state index in [0.717, 1.165) is 37.1 Å². The second kappa shape index (κ2) is 4.28. The molecule has 0 aromatic heterocycles. The number of amides is 1. The molecule has 18 heavy (non-hydrogen) atoms. The summed E-state index contributed by atoms with van der Waals surface area (Å²) >= 11 is 0. The third-order valence-electron chi connectivity index (χ3n) is 4.01. The number of nitrogens with one attached hydrogen (secondary N) is 1. The Hall–Kier alpha value is -1.55. The summed E-state index contributed by atoms with van der Waals surface area (Å²) in [7, 11) is 0. The van der Waals surface area contributed by atoms with Crippen LogP contribution in [0.15, 0.2) is 24.3 Å². The highest BCUT2D eigenvalue weighted by atomic mass is 16.5. The Morgan fingerprint density at radius 1 is 1.22 bits per heavy atom. The number of nitrogens with two attached hydrogens (primary N) is 1. The zero-order chi connectivity index (χ0) is 12.6. The maximum absolute atomic E-state index is 12.1. The molecule has 0 radical (unpaired) electrons. The van der Waals surface area contributed by atoms with Crippen molar-refractivity contribution >= 4 is 11.6 Å². The molecule has 4 nitrogen and oxygen atoms in total. The van der Waals surface area contributed by atoms with Crippen molar-refractivity contribution in [2.45, 2.75) is 43.7 Å². The fraction of sp³-hybridized carbons (Fsp3) is 0.500. The van der Waals surface area contributed by atoms with Crippen LogP contribution in [0.1, 0.15) is 32.1 Å². The van der Waals surface area contributed by atoms with E-state index in [-0.39, 0.29) is 5.91 Å². The number of rotatable bonds is 0. The normalized spacial score (nSPS) is 25.8. The average molecular weight is 246 g/mol. The van der Waals surface area contributed by atoms with Crippen LogP contribution in [0, 0.1) is 0 Å². The number of para-hydroxylation sites is 2. The molecule has 0 bridgehead atoms. The molecule has 96 valence electrons. The molecule has 1 heterocycles. The molecule has 1 aliphatic carbocycles. The maximum Gasteiger partial charge on any atom is 0.245 e. The molecule has 1 amide bonds. The van der Waals surface area contributed by atoms with Gasteiger partial charge in [-0.1, -0.05) is 18.6 Å². The van der Waals surface area contributed by atoms with Crippen molar-refractivity contribution in [3.63, 3.8) is 0 Å². The molecule has 0 saturated heterocycles. The Balaban J connectivity index is 2.02. The first-order valence-corrected chi connectivity index (χ1v) is 6.56. The van der Waals surface area contributed by atoms with Gasteiger partial charge in [0.2, 0.25) is 5.91 Å². The van der Waals surface area contributed by atoms with E-state index in [9.17, 15) is 4.79 Å². The number of carbonyl (C=O) groups excluding carboxylic acids is 1. The number of carbonyl (C=O) groups is 1. The largest absolute Gasteiger partial charge is 0.483 e. The Labute approximate surface area is 107 Å². The molecule has 2 aliphatic rings. The number of hydrogen-bond acceptors (Lipinski definition) is 3. The van der Waals surface area contributed by atoms with Gasteiger partial charge in [0, 0.05) is 0 Å². The van der Waals surface area contributed by atoms with Crippen LogP contribution in [0.4, 0.5) is 5.69 Å². The minimum absolute atomic E-state index is 0.137. The van der Waals surface area contributed by atoms with E-state index in [1.54, 1.807) is 0 Å². The van der Waals surface area contributed by atoms with E-state index in [4.69, 9.17) is 10.5 Å². The number of anilines is 1. The van der Waals surface area contributed by atoms with Crippen molar-refractivity contribution in [1.82, 2.24) is 0 Å². The van der Waals surface area contributed by atoms with Crippen LogP contribution >= 0.6 is 0 Å². The van der Waals surface area contributed by atoms with Crippen LogP contribution in [0.2, 0.25) is 0 Å². The van der Waals surface area contributed by atoms with Crippen LogP contribution < -0.4 is 15.8 Å². The van der Waals surface area contributed by atoms with Crippen LogP contribution in [0.5, 0.6) is 5.75 Å². The second-order valence-electron chi connectivity index (χ2n) is 5.19. The van der Waals surface area contributed by atoms with E-state index in [1.807, 2.05) is 24.3 Å². The van der Waals surface area contributed by atoms with Gasteiger partial charge in [-0.2, -0.15) is 0 Å². The highest BCUT2D eigenvalue weighted by Crippen LogP contribution is 2.40. The van der Waals surface area contributed by atoms with Crippen LogP contribution in [-0.2, 0) is 4.79 Å². The first kappa shape index (κ1) is 11.5. The van der Waals surface area contributed by atoms with Crippen molar-refractivity contribution in [3.8, 4) is 5.75 Å². The van der Waals surface area contributed by atoms with Crippen molar-refractivity contribution < 1.29 is 9.53 Å². The molecule has 4 heteroatoms. The molecule has 1 atom stereocenters. The fourth-order valence-corrected chi connectivity index (χ4v) is 2.95. The average Bonchev–Trinajstić information content (AvgIpc) is 2.49. The molecule has 1 aliphatic heterocycles. The molecule has 3 N–H and O–H groups in total. The zero-order valence-electron chi connectivity index (χ0n) is 10.3. The minimum Gasteiger partial charge on any atom is -0.483 e. The van der Waals surface area contributed by atoms with Gasteiger partial charge in [-0.3, -0.25) is 4.79 Å². The Morgan fingerprint density at radius 3 is 2.72 bits per heavy atom. The Bertz CT molecular complexity index is 467. The van der Waals surface area contributed by atoms with Gasteiger partial charge in [0.1, 0.15) is 17.4 Å². The van der Waals surface area contributed by atoms with Gasteiger partial charge >= 0.3 is 0 Å². The SMILES string of the molecule is NC1C(=O)Nc2ccccc2OC12CCCCC2. The lowest BCUT2D eigenvalue weighted by Gasteiger charge is -2.39. The van der Waals surface area contributed by atoms with Gasteiger partial charge < -0.3 is 15.8 Å². The molecule has 1 aromatic rings. The van der Waals surface area contributed by atoms with Gasteiger partial charge in [0.15, 0.2) is 0 Å². The number of hydrogen-bond donors (Lipinski definition) is 2. The zero-order valence-corrected chi connectivity index (χ0v) is 10.3. The first-order chi connectivity index (χ1) is 8.71. The summed E-state index contributed by atoms with van der Waals surface area (Å²) in [5, 5.41) is 2.85. The van der Waals surface area contributed by atoms with Crippen LogP contribution in [-0.4, -0.2) is 17.6 Å². The number of benzene rings is 1. The van der Waals surface area contributed by atoms with Crippen molar-refractivity contribution in [2.24, 2.45) is 5.73 Å². The molecule has 1 saturated carbocycles. The van der Waals surface area contributed by atoms with Crippen LogP contribution in [0.3, 0.4) is 0 Å².